The normalized spacial score (nSPS) is 11.7. The lowest BCUT2D eigenvalue weighted by Crippen LogP contribution is -1.97. The van der Waals surface area contributed by atoms with E-state index in [0.717, 1.165) is 27.8 Å². The number of halogens is 1. The number of pyridine rings is 1. The summed E-state index contributed by atoms with van der Waals surface area (Å²) in [6, 6.07) is 21.4. The van der Waals surface area contributed by atoms with Crippen molar-refractivity contribution in [1.29, 1.82) is 5.26 Å². The summed E-state index contributed by atoms with van der Waals surface area (Å²) in [5.41, 5.74) is 3.36. The van der Waals surface area contributed by atoms with Crippen LogP contribution in [-0.4, -0.2) is 11.2 Å². The van der Waals surface area contributed by atoms with Gasteiger partial charge in [0.25, 0.3) is 0 Å². The number of hydrogen-bond donors (Lipinski definition) is 1. The Balaban J connectivity index is 1.55. The monoisotopic (exact) mass is 380 g/mol. The van der Waals surface area contributed by atoms with Gasteiger partial charge in [-0.3, -0.25) is 4.99 Å². The van der Waals surface area contributed by atoms with Crippen LogP contribution < -0.4 is 10.1 Å². The van der Waals surface area contributed by atoms with Crippen LogP contribution in [0.15, 0.2) is 71.7 Å². The van der Waals surface area contributed by atoms with Crippen LogP contribution in [0.1, 0.15) is 11.1 Å². The van der Waals surface area contributed by atoms with Gasteiger partial charge in [0, 0.05) is 17.3 Å². The maximum absolute atomic E-state index is 13.8. The molecule has 5 nitrogen and oxygen atoms in total. The van der Waals surface area contributed by atoms with Crippen LogP contribution >= 0.6 is 0 Å². The Kier molecular flexibility index (Phi) is 3.92. The molecule has 3 aromatic carbocycles. The summed E-state index contributed by atoms with van der Waals surface area (Å²) >= 11 is 0. The topological polar surface area (TPSA) is 70.3 Å². The first-order chi connectivity index (χ1) is 14.2. The molecule has 29 heavy (non-hydrogen) atoms. The Bertz CT molecular complexity index is 1340. The van der Waals surface area contributed by atoms with Crippen LogP contribution in [0.25, 0.3) is 10.9 Å². The fraction of sp³-hybridized carbons (Fsp3) is 0. The van der Waals surface area contributed by atoms with Gasteiger partial charge in [0.15, 0.2) is 5.75 Å². The van der Waals surface area contributed by atoms with Crippen molar-refractivity contribution in [2.24, 2.45) is 4.99 Å². The number of para-hydroxylation sites is 2. The van der Waals surface area contributed by atoms with E-state index < -0.39 is 5.82 Å². The van der Waals surface area contributed by atoms with Crippen LogP contribution in [0.2, 0.25) is 0 Å². The first-order valence-electron chi connectivity index (χ1n) is 8.93. The number of hydrogen-bond acceptors (Lipinski definition) is 5. The molecule has 138 valence electrons. The quantitative estimate of drug-likeness (QED) is 0.417. The molecule has 0 fully saturated rings. The molecule has 4 aromatic rings. The Morgan fingerprint density at radius 3 is 2.79 bits per heavy atom. The molecular weight excluding hydrogens is 367 g/mol. The molecule has 0 unspecified atom stereocenters. The van der Waals surface area contributed by atoms with E-state index in [2.05, 4.69) is 15.3 Å². The molecule has 0 saturated carbocycles. The van der Waals surface area contributed by atoms with Gasteiger partial charge in [-0.05, 0) is 48.5 Å². The van der Waals surface area contributed by atoms with Crippen LogP contribution in [0.3, 0.4) is 0 Å². The zero-order valence-corrected chi connectivity index (χ0v) is 15.1. The van der Waals surface area contributed by atoms with Gasteiger partial charge in [-0.2, -0.15) is 5.26 Å². The highest BCUT2D eigenvalue weighted by molar-refractivity contribution is 5.94. The van der Waals surface area contributed by atoms with Crippen LogP contribution in [-0.2, 0) is 0 Å². The second-order valence-corrected chi connectivity index (χ2v) is 6.52. The number of aromatic nitrogens is 1. The van der Waals surface area contributed by atoms with Crippen molar-refractivity contribution in [2.75, 3.05) is 5.32 Å². The summed E-state index contributed by atoms with van der Waals surface area (Å²) in [6.45, 7) is 0. The van der Waals surface area contributed by atoms with Crippen molar-refractivity contribution in [3.63, 3.8) is 0 Å². The summed E-state index contributed by atoms with van der Waals surface area (Å²) < 4.78 is 19.8. The van der Waals surface area contributed by atoms with E-state index in [1.807, 2.05) is 54.6 Å². The minimum atomic E-state index is -0.557. The third-order valence-corrected chi connectivity index (χ3v) is 4.63. The fourth-order valence-corrected chi connectivity index (χ4v) is 3.22. The predicted molar refractivity (Wildman–Crippen MR) is 110 cm³/mol. The third kappa shape index (κ3) is 3.05. The van der Waals surface area contributed by atoms with Gasteiger partial charge < -0.3 is 10.1 Å². The maximum Gasteiger partial charge on any atom is 0.228 e. The van der Waals surface area contributed by atoms with E-state index in [0.29, 0.717) is 17.3 Å². The molecule has 1 aliphatic heterocycles. The molecule has 5 rings (SSSR count). The molecule has 6 heteroatoms. The van der Waals surface area contributed by atoms with Crippen LogP contribution in [0.4, 0.5) is 21.5 Å². The van der Waals surface area contributed by atoms with Gasteiger partial charge in [0.1, 0.15) is 23.1 Å². The highest BCUT2D eigenvalue weighted by Gasteiger charge is 2.14. The molecule has 0 atom stereocenters. The lowest BCUT2D eigenvalue weighted by molar-refractivity contribution is 0.467. The molecule has 0 bridgehead atoms. The molecule has 0 spiro atoms. The Morgan fingerprint density at radius 1 is 1.00 bits per heavy atom. The number of aliphatic imine (C=N–C) groups is 1. The van der Waals surface area contributed by atoms with Gasteiger partial charge in [0.2, 0.25) is 5.88 Å². The lowest BCUT2D eigenvalue weighted by atomic mass is 10.1. The van der Waals surface area contributed by atoms with Crippen LogP contribution in [0, 0.1) is 17.1 Å². The van der Waals surface area contributed by atoms with E-state index in [4.69, 9.17) is 4.74 Å². The molecular formula is C23H13FN4O. The summed E-state index contributed by atoms with van der Waals surface area (Å²) in [4.78, 5) is 9.09. The molecule has 1 aliphatic rings. The zero-order chi connectivity index (χ0) is 19.8. The standard InChI is InChI=1S/C23H13FN4O/c24-18-4-3-6-20(17(18)12-25)27-16-8-9-19-14(11-16)10-15-13-26-21-5-1-2-7-22(21)29-23(15)28-19/h1-11,13,27H. The van der Waals surface area contributed by atoms with Gasteiger partial charge in [0.05, 0.1) is 16.8 Å². The number of benzene rings is 3. The van der Waals surface area contributed by atoms with E-state index in [1.54, 1.807) is 18.3 Å². The number of anilines is 2. The molecule has 0 saturated heterocycles. The molecule has 0 aliphatic carbocycles. The Morgan fingerprint density at radius 2 is 1.90 bits per heavy atom. The van der Waals surface area contributed by atoms with E-state index in [-0.39, 0.29) is 5.56 Å². The highest BCUT2D eigenvalue weighted by Crippen LogP contribution is 2.36. The smallest absolute Gasteiger partial charge is 0.228 e. The van der Waals surface area contributed by atoms with Crippen molar-refractivity contribution in [1.82, 2.24) is 4.98 Å². The average Bonchev–Trinajstić information content (AvgIpc) is 2.91. The number of ether oxygens (including phenoxy) is 1. The molecule has 0 amide bonds. The summed E-state index contributed by atoms with van der Waals surface area (Å²) in [5, 5.41) is 13.2. The number of nitrogens with zero attached hydrogens (tertiary/aromatic N) is 3. The SMILES string of the molecule is N#Cc1c(F)cccc1Nc1ccc2nc3c(cc2c1)C=Nc1ccccc1O3. The van der Waals surface area contributed by atoms with Gasteiger partial charge in [-0.1, -0.05) is 18.2 Å². The van der Waals surface area contributed by atoms with Gasteiger partial charge >= 0.3 is 0 Å². The zero-order valence-electron chi connectivity index (χ0n) is 15.1. The number of nitrogens with one attached hydrogen (secondary N) is 1. The van der Waals surface area contributed by atoms with Crippen molar-refractivity contribution >= 4 is 34.2 Å². The minimum absolute atomic E-state index is 0.0223. The fourth-order valence-electron chi connectivity index (χ4n) is 3.22. The molecule has 2 heterocycles. The second-order valence-electron chi connectivity index (χ2n) is 6.52. The molecule has 0 radical (unpaired) electrons. The largest absolute Gasteiger partial charge is 0.436 e. The number of rotatable bonds is 2. The Labute approximate surface area is 165 Å². The van der Waals surface area contributed by atoms with Crippen LogP contribution in [0.5, 0.6) is 11.6 Å². The van der Waals surface area contributed by atoms with E-state index in [9.17, 15) is 9.65 Å². The molecule has 1 N–H and O–H groups in total. The van der Waals surface area contributed by atoms with Gasteiger partial charge in [-0.15, -0.1) is 0 Å². The van der Waals surface area contributed by atoms with Crippen molar-refractivity contribution in [3.05, 3.63) is 83.7 Å². The second kappa shape index (κ2) is 6.73. The van der Waals surface area contributed by atoms with Crippen molar-refractivity contribution < 1.29 is 9.13 Å². The van der Waals surface area contributed by atoms with E-state index >= 15 is 0 Å². The van der Waals surface area contributed by atoms with Crippen molar-refractivity contribution in [3.8, 4) is 17.7 Å². The minimum Gasteiger partial charge on any atom is -0.436 e. The number of fused-ring (bicyclic) bond motifs is 3. The molecule has 1 aromatic heterocycles. The summed E-state index contributed by atoms with van der Waals surface area (Å²) in [7, 11) is 0. The maximum atomic E-state index is 13.8. The lowest BCUT2D eigenvalue weighted by Gasteiger charge is -2.11. The predicted octanol–water partition coefficient (Wildman–Crippen LogP) is 5.85. The highest BCUT2D eigenvalue weighted by atomic mass is 19.1. The first-order valence-corrected chi connectivity index (χ1v) is 8.93. The average molecular weight is 380 g/mol. The van der Waals surface area contributed by atoms with E-state index in [1.165, 1.54) is 6.07 Å². The third-order valence-electron chi connectivity index (χ3n) is 4.63. The number of nitriles is 1. The van der Waals surface area contributed by atoms with Gasteiger partial charge in [-0.25, -0.2) is 9.37 Å². The Hall–Kier alpha value is -4.24. The summed E-state index contributed by atoms with van der Waals surface area (Å²) in [6.07, 6.45) is 1.73. The summed E-state index contributed by atoms with van der Waals surface area (Å²) in [5.74, 6) is 0.588. The first kappa shape index (κ1) is 16.9. The van der Waals surface area contributed by atoms with Crippen molar-refractivity contribution in [2.45, 2.75) is 0 Å².